The van der Waals surface area contributed by atoms with E-state index in [4.69, 9.17) is 9.47 Å². The van der Waals surface area contributed by atoms with Crippen LogP contribution < -0.4 is 10.1 Å². The Morgan fingerprint density at radius 2 is 2.10 bits per heavy atom. The maximum absolute atomic E-state index is 6.03. The predicted octanol–water partition coefficient (Wildman–Crippen LogP) is 2.13. The average molecular weight is 297 g/mol. The molecule has 1 spiro atoms. The molecule has 1 atom stereocenters. The van der Waals surface area contributed by atoms with Crippen molar-refractivity contribution in [2.24, 2.45) is 0 Å². The maximum atomic E-state index is 6.03. The Balaban J connectivity index is 1.60. The van der Waals surface area contributed by atoms with Crippen LogP contribution in [-0.2, 0) is 10.2 Å². The van der Waals surface area contributed by atoms with E-state index in [0.29, 0.717) is 11.8 Å². The van der Waals surface area contributed by atoms with E-state index in [0.717, 1.165) is 38.2 Å². The zero-order valence-corrected chi connectivity index (χ0v) is 13.3. The smallest absolute Gasteiger partial charge is 0.293 e. The van der Waals surface area contributed by atoms with E-state index >= 15 is 0 Å². The summed E-state index contributed by atoms with van der Waals surface area (Å²) in [6, 6.07) is 0. The molecule has 0 amide bonds. The van der Waals surface area contributed by atoms with Gasteiger partial charge in [0.1, 0.15) is 6.10 Å². The fourth-order valence-electron chi connectivity index (χ4n) is 2.81. The van der Waals surface area contributed by atoms with Crippen LogP contribution in [0.1, 0.15) is 45.9 Å². The van der Waals surface area contributed by atoms with Gasteiger partial charge in [0.2, 0.25) is 0 Å². The SMILES string of the molecule is CC(C)(C)c1nsc(OC2COC3(CCNCC3)C2)n1. The van der Waals surface area contributed by atoms with Crippen LogP contribution in [0.5, 0.6) is 5.19 Å². The summed E-state index contributed by atoms with van der Waals surface area (Å²) in [4.78, 5) is 4.50. The largest absolute Gasteiger partial charge is 0.463 e. The van der Waals surface area contributed by atoms with Crippen molar-refractivity contribution in [2.45, 2.75) is 57.2 Å². The molecule has 2 saturated heterocycles. The third-order valence-corrected chi connectivity index (χ3v) is 4.64. The Morgan fingerprint density at radius 1 is 1.35 bits per heavy atom. The Labute approximate surface area is 124 Å². The first-order chi connectivity index (χ1) is 9.47. The zero-order valence-electron chi connectivity index (χ0n) is 12.4. The van der Waals surface area contributed by atoms with E-state index in [1.54, 1.807) is 0 Å². The van der Waals surface area contributed by atoms with Crippen LogP contribution in [-0.4, -0.2) is 40.8 Å². The lowest BCUT2D eigenvalue weighted by atomic mass is 9.89. The summed E-state index contributed by atoms with van der Waals surface area (Å²) in [6.45, 7) is 9.09. The average Bonchev–Trinajstić information content (AvgIpc) is 2.99. The van der Waals surface area contributed by atoms with Gasteiger partial charge in [0, 0.05) is 23.4 Å². The predicted molar refractivity (Wildman–Crippen MR) is 78.4 cm³/mol. The number of nitrogens with zero attached hydrogens (tertiary/aromatic N) is 2. The normalized spacial score (nSPS) is 26.1. The fraction of sp³-hybridized carbons (Fsp3) is 0.857. The van der Waals surface area contributed by atoms with Crippen molar-refractivity contribution >= 4 is 11.5 Å². The Hall–Kier alpha value is -0.720. The molecule has 0 bridgehead atoms. The van der Waals surface area contributed by atoms with E-state index < -0.39 is 0 Å². The molecule has 1 N–H and O–H groups in total. The van der Waals surface area contributed by atoms with Gasteiger partial charge < -0.3 is 14.8 Å². The highest BCUT2D eigenvalue weighted by atomic mass is 32.1. The van der Waals surface area contributed by atoms with Crippen LogP contribution in [0.25, 0.3) is 0 Å². The van der Waals surface area contributed by atoms with E-state index in [1.807, 2.05) is 0 Å². The Morgan fingerprint density at radius 3 is 2.75 bits per heavy atom. The molecule has 2 aliphatic rings. The lowest BCUT2D eigenvalue weighted by Gasteiger charge is -2.32. The molecule has 20 heavy (non-hydrogen) atoms. The number of ether oxygens (including phenoxy) is 2. The number of aromatic nitrogens is 2. The summed E-state index contributed by atoms with van der Waals surface area (Å²) in [5.74, 6) is 0.855. The standard InChI is InChI=1S/C14H23N3O2S/c1-13(2,3)11-16-12(20-17-11)19-10-8-14(18-9-10)4-6-15-7-5-14/h10,15H,4-9H2,1-3H3. The minimum atomic E-state index is -0.0272. The molecular weight excluding hydrogens is 274 g/mol. The number of nitrogens with one attached hydrogen (secondary N) is 1. The van der Waals surface area contributed by atoms with E-state index in [-0.39, 0.29) is 17.1 Å². The molecule has 0 saturated carbocycles. The van der Waals surface area contributed by atoms with Gasteiger partial charge in [-0.25, -0.2) is 0 Å². The second-order valence-electron chi connectivity index (χ2n) is 6.82. The van der Waals surface area contributed by atoms with Crippen molar-refractivity contribution in [3.05, 3.63) is 5.82 Å². The molecule has 0 radical (unpaired) electrons. The molecule has 0 aromatic carbocycles. The number of hydrogen-bond acceptors (Lipinski definition) is 6. The summed E-state index contributed by atoms with van der Waals surface area (Å²) in [6.07, 6.45) is 3.25. The molecule has 2 aliphatic heterocycles. The second kappa shape index (κ2) is 5.24. The molecule has 1 unspecified atom stereocenters. The van der Waals surface area contributed by atoms with Crippen molar-refractivity contribution < 1.29 is 9.47 Å². The summed E-state index contributed by atoms with van der Waals surface area (Å²) < 4.78 is 16.4. The maximum Gasteiger partial charge on any atom is 0.293 e. The van der Waals surface area contributed by atoms with Crippen LogP contribution in [0.3, 0.4) is 0 Å². The van der Waals surface area contributed by atoms with Crippen molar-refractivity contribution in [1.82, 2.24) is 14.7 Å². The molecule has 3 heterocycles. The summed E-state index contributed by atoms with van der Waals surface area (Å²) in [5.41, 5.74) is 0.00795. The van der Waals surface area contributed by atoms with Gasteiger partial charge in [-0.3, -0.25) is 0 Å². The van der Waals surface area contributed by atoms with Crippen LogP contribution in [0.15, 0.2) is 0 Å². The van der Waals surface area contributed by atoms with Crippen LogP contribution >= 0.6 is 11.5 Å². The van der Waals surface area contributed by atoms with Crippen LogP contribution in [0.2, 0.25) is 0 Å². The molecule has 1 aromatic rings. The van der Waals surface area contributed by atoms with Gasteiger partial charge in [0.05, 0.1) is 12.2 Å². The van der Waals surface area contributed by atoms with Crippen molar-refractivity contribution in [3.8, 4) is 5.19 Å². The Kier molecular flexibility index (Phi) is 3.73. The quantitative estimate of drug-likeness (QED) is 0.906. The molecule has 2 fully saturated rings. The van der Waals surface area contributed by atoms with Gasteiger partial charge in [-0.05, 0) is 25.9 Å². The van der Waals surface area contributed by atoms with Gasteiger partial charge in [0.15, 0.2) is 5.82 Å². The van der Waals surface area contributed by atoms with E-state index in [1.165, 1.54) is 11.5 Å². The third-order valence-electron chi connectivity index (χ3n) is 4.04. The van der Waals surface area contributed by atoms with Crippen molar-refractivity contribution in [2.75, 3.05) is 19.7 Å². The van der Waals surface area contributed by atoms with E-state index in [2.05, 4.69) is 35.4 Å². The third kappa shape index (κ3) is 2.97. The van der Waals surface area contributed by atoms with Gasteiger partial charge >= 0.3 is 0 Å². The highest BCUT2D eigenvalue weighted by Crippen LogP contribution is 2.36. The number of piperidine rings is 1. The van der Waals surface area contributed by atoms with E-state index in [9.17, 15) is 0 Å². The zero-order chi connectivity index (χ0) is 14.2. The molecule has 112 valence electrons. The monoisotopic (exact) mass is 297 g/mol. The first kappa shape index (κ1) is 14.2. The fourth-order valence-corrected chi connectivity index (χ4v) is 3.60. The van der Waals surface area contributed by atoms with Crippen molar-refractivity contribution in [1.29, 1.82) is 0 Å². The topological polar surface area (TPSA) is 56.3 Å². The van der Waals surface area contributed by atoms with Gasteiger partial charge in [-0.1, -0.05) is 20.8 Å². The first-order valence-electron chi connectivity index (χ1n) is 7.32. The number of hydrogen-bond donors (Lipinski definition) is 1. The lowest BCUT2D eigenvalue weighted by molar-refractivity contribution is -0.0205. The highest BCUT2D eigenvalue weighted by Gasteiger charge is 2.42. The van der Waals surface area contributed by atoms with Gasteiger partial charge in [-0.15, -0.1) is 0 Å². The van der Waals surface area contributed by atoms with Crippen LogP contribution in [0, 0.1) is 0 Å². The number of rotatable bonds is 2. The second-order valence-corrected chi connectivity index (χ2v) is 7.54. The van der Waals surface area contributed by atoms with Crippen LogP contribution in [0.4, 0.5) is 0 Å². The Bertz CT molecular complexity index is 463. The summed E-state index contributed by atoms with van der Waals surface area (Å²) >= 11 is 1.35. The molecule has 1 aromatic heterocycles. The molecule has 6 heteroatoms. The summed E-state index contributed by atoms with van der Waals surface area (Å²) in [5, 5.41) is 4.05. The lowest BCUT2D eigenvalue weighted by Crippen LogP contribution is -2.41. The van der Waals surface area contributed by atoms with Crippen molar-refractivity contribution in [3.63, 3.8) is 0 Å². The van der Waals surface area contributed by atoms with Gasteiger partial charge in [-0.2, -0.15) is 9.36 Å². The first-order valence-corrected chi connectivity index (χ1v) is 8.10. The molecular formula is C14H23N3O2S. The minimum absolute atomic E-state index is 0.0272. The minimum Gasteiger partial charge on any atom is -0.463 e. The molecule has 0 aliphatic carbocycles. The van der Waals surface area contributed by atoms with Gasteiger partial charge in [0.25, 0.3) is 5.19 Å². The molecule has 3 rings (SSSR count). The summed E-state index contributed by atoms with van der Waals surface area (Å²) in [7, 11) is 0. The highest BCUT2D eigenvalue weighted by molar-refractivity contribution is 7.07. The molecule has 5 nitrogen and oxygen atoms in total.